The molecule has 0 saturated carbocycles. The third-order valence-electron chi connectivity index (χ3n) is 3.82. The summed E-state index contributed by atoms with van der Waals surface area (Å²) in [5.41, 5.74) is 1.36. The normalized spacial score (nSPS) is 13.6. The van der Waals surface area contributed by atoms with E-state index >= 15 is 0 Å². The summed E-state index contributed by atoms with van der Waals surface area (Å²) in [7, 11) is 0. The number of aryl methyl sites for hydroxylation is 1. The van der Waals surface area contributed by atoms with Crippen molar-refractivity contribution in [3.05, 3.63) is 35.4 Å². The minimum absolute atomic E-state index is 0.113. The Kier molecular flexibility index (Phi) is 7.80. The molecule has 0 aliphatic carbocycles. The number of esters is 1. The molecule has 1 amide bonds. The largest absolute Gasteiger partial charge is 0.480 e. The lowest BCUT2D eigenvalue weighted by atomic mass is 10.0. The van der Waals surface area contributed by atoms with E-state index in [1.54, 1.807) is 27.7 Å². The van der Waals surface area contributed by atoms with Crippen molar-refractivity contribution < 1.29 is 24.2 Å². The molecule has 0 bridgehead atoms. The summed E-state index contributed by atoms with van der Waals surface area (Å²) < 4.78 is 5.21. The van der Waals surface area contributed by atoms with Gasteiger partial charge >= 0.3 is 11.9 Å². The summed E-state index contributed by atoms with van der Waals surface area (Å²) in [6, 6.07) is 6.50. The summed E-state index contributed by atoms with van der Waals surface area (Å²) in [5, 5.41) is 11.9. The summed E-state index contributed by atoms with van der Waals surface area (Å²) in [6.45, 7) is 8.97. The monoisotopic (exact) mass is 363 g/mol. The number of hydrogen-bond donors (Lipinski definition) is 2. The molecule has 0 fully saturated rings. The van der Waals surface area contributed by atoms with Gasteiger partial charge in [0.1, 0.15) is 11.6 Å². The molecule has 0 radical (unpaired) electrons. The second-order valence-electron chi connectivity index (χ2n) is 7.62. The van der Waals surface area contributed by atoms with Gasteiger partial charge in [-0.2, -0.15) is 0 Å². The molecule has 0 aromatic heterocycles. The van der Waals surface area contributed by atoms with Crippen molar-refractivity contribution in [3.8, 4) is 0 Å². The lowest BCUT2D eigenvalue weighted by Crippen LogP contribution is -2.44. The van der Waals surface area contributed by atoms with E-state index in [0.29, 0.717) is 6.42 Å². The average molecular weight is 363 g/mol. The molecule has 1 aromatic carbocycles. The third kappa shape index (κ3) is 8.14. The van der Waals surface area contributed by atoms with E-state index in [4.69, 9.17) is 4.74 Å². The maximum Gasteiger partial charge on any atom is 0.326 e. The van der Waals surface area contributed by atoms with E-state index in [9.17, 15) is 19.5 Å². The first-order chi connectivity index (χ1) is 12.0. The zero-order valence-electron chi connectivity index (χ0n) is 16.2. The van der Waals surface area contributed by atoms with Crippen molar-refractivity contribution in [2.24, 2.45) is 5.92 Å². The van der Waals surface area contributed by atoms with E-state index in [1.807, 2.05) is 31.2 Å². The molecule has 144 valence electrons. The molecule has 0 aliphatic heterocycles. The number of nitrogens with one attached hydrogen (secondary N) is 1. The van der Waals surface area contributed by atoms with Gasteiger partial charge in [0, 0.05) is 18.8 Å². The second-order valence-corrected chi connectivity index (χ2v) is 7.62. The number of ether oxygens (including phenoxy) is 1. The van der Waals surface area contributed by atoms with Gasteiger partial charge in [-0.15, -0.1) is 0 Å². The third-order valence-corrected chi connectivity index (χ3v) is 3.82. The Hall–Kier alpha value is -2.37. The molecule has 0 heterocycles. The van der Waals surface area contributed by atoms with Crippen LogP contribution in [-0.4, -0.2) is 34.6 Å². The maximum atomic E-state index is 12.3. The Bertz CT molecular complexity index is 631. The van der Waals surface area contributed by atoms with E-state index in [-0.39, 0.29) is 24.7 Å². The standard InChI is InChI=1S/C20H29NO5/c1-13-6-9-15(10-7-13)12-16(19(24)25)21-18(23)14(2)8-11-17(22)26-20(3,4)5/h6-7,9-10,14,16H,8,11-12H2,1-5H3,(H,21,23)(H,24,25)/t14-,16-/m0/s1. The fourth-order valence-electron chi connectivity index (χ4n) is 2.33. The van der Waals surface area contributed by atoms with Crippen LogP contribution in [0.4, 0.5) is 0 Å². The smallest absolute Gasteiger partial charge is 0.326 e. The number of carboxylic acid groups (broad SMARTS) is 1. The van der Waals surface area contributed by atoms with Gasteiger partial charge in [0.25, 0.3) is 0 Å². The molecule has 2 atom stereocenters. The van der Waals surface area contributed by atoms with Crippen molar-refractivity contribution in [2.75, 3.05) is 0 Å². The van der Waals surface area contributed by atoms with E-state index in [0.717, 1.165) is 11.1 Å². The van der Waals surface area contributed by atoms with Crippen LogP contribution in [0.25, 0.3) is 0 Å². The highest BCUT2D eigenvalue weighted by Crippen LogP contribution is 2.13. The Morgan fingerprint density at radius 1 is 1.15 bits per heavy atom. The molecule has 6 heteroatoms. The zero-order chi connectivity index (χ0) is 19.9. The minimum Gasteiger partial charge on any atom is -0.480 e. The lowest BCUT2D eigenvalue weighted by Gasteiger charge is -2.21. The highest BCUT2D eigenvalue weighted by Gasteiger charge is 2.24. The molecule has 0 unspecified atom stereocenters. The van der Waals surface area contributed by atoms with Crippen molar-refractivity contribution in [2.45, 2.75) is 65.5 Å². The number of carbonyl (C=O) groups is 3. The van der Waals surface area contributed by atoms with Gasteiger partial charge in [0.05, 0.1) is 0 Å². The first-order valence-corrected chi connectivity index (χ1v) is 8.78. The molecule has 0 saturated heterocycles. The molecule has 1 aromatic rings. The predicted molar refractivity (Wildman–Crippen MR) is 98.7 cm³/mol. The van der Waals surface area contributed by atoms with Gasteiger partial charge in [-0.1, -0.05) is 36.8 Å². The maximum absolute atomic E-state index is 12.3. The van der Waals surface area contributed by atoms with Crippen molar-refractivity contribution >= 4 is 17.8 Å². The summed E-state index contributed by atoms with van der Waals surface area (Å²) >= 11 is 0. The highest BCUT2D eigenvalue weighted by molar-refractivity contribution is 5.85. The van der Waals surface area contributed by atoms with E-state index < -0.39 is 23.5 Å². The van der Waals surface area contributed by atoms with Crippen LogP contribution in [0.3, 0.4) is 0 Å². The quantitative estimate of drug-likeness (QED) is 0.693. The van der Waals surface area contributed by atoms with Crippen LogP contribution < -0.4 is 5.32 Å². The molecule has 1 rings (SSSR count). The number of amides is 1. The van der Waals surface area contributed by atoms with E-state index in [2.05, 4.69) is 5.32 Å². The SMILES string of the molecule is Cc1ccc(C[C@H](NC(=O)[C@@H](C)CCC(=O)OC(C)(C)C)C(=O)O)cc1. The van der Waals surface area contributed by atoms with Crippen molar-refractivity contribution in [1.29, 1.82) is 0 Å². The molecular formula is C20H29NO5. The predicted octanol–water partition coefficient (Wildman–Crippen LogP) is 2.86. The van der Waals surface area contributed by atoms with Crippen LogP contribution in [0.1, 0.15) is 51.7 Å². The van der Waals surface area contributed by atoms with Gasteiger partial charge in [0.15, 0.2) is 0 Å². The second kappa shape index (κ2) is 9.36. The number of carboxylic acids is 1. The highest BCUT2D eigenvalue weighted by atomic mass is 16.6. The molecular weight excluding hydrogens is 334 g/mol. The Morgan fingerprint density at radius 3 is 2.23 bits per heavy atom. The van der Waals surface area contributed by atoms with Gasteiger partial charge in [0.2, 0.25) is 5.91 Å². The average Bonchev–Trinajstić information content (AvgIpc) is 2.52. The topological polar surface area (TPSA) is 92.7 Å². The number of rotatable bonds is 8. The minimum atomic E-state index is -1.08. The molecule has 0 aliphatic rings. The summed E-state index contributed by atoms with van der Waals surface area (Å²) in [6.07, 6.45) is 0.624. The zero-order valence-corrected chi connectivity index (χ0v) is 16.2. The number of aliphatic carboxylic acids is 1. The van der Waals surface area contributed by atoms with Gasteiger partial charge in [-0.25, -0.2) is 4.79 Å². The van der Waals surface area contributed by atoms with Crippen molar-refractivity contribution in [3.63, 3.8) is 0 Å². The Labute approximate surface area is 154 Å². The fraction of sp³-hybridized carbons (Fsp3) is 0.550. The van der Waals surface area contributed by atoms with Gasteiger partial charge < -0.3 is 15.2 Å². The van der Waals surface area contributed by atoms with Crippen LogP contribution >= 0.6 is 0 Å². The van der Waals surface area contributed by atoms with Crippen LogP contribution in [0.2, 0.25) is 0 Å². The number of hydrogen-bond acceptors (Lipinski definition) is 4. The first kappa shape index (κ1) is 21.7. The van der Waals surface area contributed by atoms with E-state index in [1.165, 1.54) is 0 Å². The molecule has 2 N–H and O–H groups in total. The molecule has 6 nitrogen and oxygen atoms in total. The fourth-order valence-corrected chi connectivity index (χ4v) is 2.33. The number of benzene rings is 1. The van der Waals surface area contributed by atoms with Crippen LogP contribution in [0, 0.1) is 12.8 Å². The summed E-state index contributed by atoms with van der Waals surface area (Å²) in [4.78, 5) is 35.5. The Morgan fingerprint density at radius 2 is 1.73 bits per heavy atom. The van der Waals surface area contributed by atoms with Crippen LogP contribution in [0.15, 0.2) is 24.3 Å². The first-order valence-electron chi connectivity index (χ1n) is 8.78. The summed E-state index contributed by atoms with van der Waals surface area (Å²) in [5.74, 6) is -2.32. The molecule has 26 heavy (non-hydrogen) atoms. The van der Waals surface area contributed by atoms with Gasteiger partial charge in [-0.05, 0) is 39.7 Å². The van der Waals surface area contributed by atoms with Crippen molar-refractivity contribution in [1.82, 2.24) is 5.32 Å². The van der Waals surface area contributed by atoms with Gasteiger partial charge in [-0.3, -0.25) is 9.59 Å². The Balaban J connectivity index is 2.56. The number of carbonyl (C=O) groups excluding carboxylic acids is 2. The molecule has 0 spiro atoms. The lowest BCUT2D eigenvalue weighted by molar-refractivity contribution is -0.155. The van der Waals surface area contributed by atoms with Crippen LogP contribution in [0.5, 0.6) is 0 Å². The van der Waals surface area contributed by atoms with Crippen LogP contribution in [-0.2, 0) is 25.5 Å².